The van der Waals surface area contributed by atoms with Crippen LogP contribution in [0, 0.1) is 19.7 Å². The Labute approximate surface area is 209 Å². The van der Waals surface area contributed by atoms with Gasteiger partial charge in [0.2, 0.25) is 0 Å². The van der Waals surface area contributed by atoms with Crippen LogP contribution in [0.3, 0.4) is 0 Å². The van der Waals surface area contributed by atoms with E-state index in [0.717, 1.165) is 39.1 Å². The summed E-state index contributed by atoms with van der Waals surface area (Å²) in [6.07, 6.45) is 1.52. The molecular weight excluding hydrogens is 479 g/mol. The van der Waals surface area contributed by atoms with Crippen LogP contribution in [0.1, 0.15) is 17.0 Å². The third-order valence-electron chi connectivity index (χ3n) is 5.61. The van der Waals surface area contributed by atoms with Gasteiger partial charge in [0.1, 0.15) is 12.4 Å². The van der Waals surface area contributed by atoms with Gasteiger partial charge in [-0.1, -0.05) is 36.4 Å². The summed E-state index contributed by atoms with van der Waals surface area (Å²) in [4.78, 5) is 12.7. The molecule has 7 nitrogen and oxygen atoms in total. The number of benzene rings is 3. The highest BCUT2D eigenvalue weighted by atomic mass is 32.2. The van der Waals surface area contributed by atoms with Gasteiger partial charge in [0, 0.05) is 22.6 Å². The number of hydrogen-bond donors (Lipinski definition) is 1. The van der Waals surface area contributed by atoms with Gasteiger partial charge in [0.05, 0.1) is 16.8 Å². The van der Waals surface area contributed by atoms with Gasteiger partial charge in [-0.2, -0.15) is 5.10 Å². The third-order valence-corrected chi connectivity index (χ3v) is 7.40. The van der Waals surface area contributed by atoms with Crippen LogP contribution < -0.4 is 9.73 Å². The molecule has 0 aliphatic heterocycles. The van der Waals surface area contributed by atoms with Gasteiger partial charge in [0.15, 0.2) is 0 Å². The minimum absolute atomic E-state index is 0.0129. The summed E-state index contributed by atoms with van der Waals surface area (Å²) in [5.41, 5.74) is 6.33. The topological polar surface area (TPSA) is 83.8 Å². The molecule has 36 heavy (non-hydrogen) atoms. The van der Waals surface area contributed by atoms with E-state index >= 15 is 0 Å². The first-order chi connectivity index (χ1) is 17.3. The summed E-state index contributed by atoms with van der Waals surface area (Å²) in [7, 11) is -4.08. The quantitative estimate of drug-likeness (QED) is 0.282. The molecule has 0 saturated heterocycles. The molecule has 1 aromatic heterocycles. The largest absolute Gasteiger partial charge is 0.318 e. The van der Waals surface area contributed by atoms with E-state index in [1.165, 1.54) is 30.5 Å². The van der Waals surface area contributed by atoms with Gasteiger partial charge in [0.25, 0.3) is 15.9 Å². The Bertz CT molecular complexity index is 1480. The standard InChI is InChI=1S/C27H25FN4O3S/c1-20-17-22(21(2)32(20)25-9-5-3-6-10-25)18-29-30-27(33)19-31(24-15-13-23(28)14-16-24)36(34,35)26-11-7-4-8-12-26/h3-18H,19H2,1-2H3,(H,30,33)/b29-18+. The number of halogens is 1. The van der Waals surface area contributed by atoms with Crippen molar-refractivity contribution in [3.05, 3.63) is 114 Å². The summed E-state index contributed by atoms with van der Waals surface area (Å²) in [6, 6.07) is 24.4. The Balaban J connectivity index is 1.54. The van der Waals surface area contributed by atoms with Crippen molar-refractivity contribution in [2.45, 2.75) is 18.7 Å². The summed E-state index contributed by atoms with van der Waals surface area (Å²) < 4.78 is 43.0. The van der Waals surface area contributed by atoms with E-state index < -0.39 is 28.3 Å². The second kappa shape index (κ2) is 10.6. The normalized spacial score (nSPS) is 11.5. The van der Waals surface area contributed by atoms with E-state index in [2.05, 4.69) is 15.1 Å². The lowest BCUT2D eigenvalue weighted by Gasteiger charge is -2.23. The smallest absolute Gasteiger partial charge is 0.264 e. The maximum Gasteiger partial charge on any atom is 0.264 e. The first-order valence-corrected chi connectivity index (χ1v) is 12.6. The fourth-order valence-corrected chi connectivity index (χ4v) is 5.32. The molecule has 3 aromatic carbocycles. The molecule has 0 atom stereocenters. The van der Waals surface area contributed by atoms with E-state index in [4.69, 9.17) is 0 Å². The highest BCUT2D eigenvalue weighted by Crippen LogP contribution is 2.24. The Hall–Kier alpha value is -4.24. The van der Waals surface area contributed by atoms with Crippen molar-refractivity contribution in [1.82, 2.24) is 9.99 Å². The van der Waals surface area contributed by atoms with Crippen LogP contribution in [-0.2, 0) is 14.8 Å². The number of nitrogens with one attached hydrogen (secondary N) is 1. The van der Waals surface area contributed by atoms with Crippen molar-refractivity contribution in [2.24, 2.45) is 5.10 Å². The van der Waals surface area contributed by atoms with Crippen LogP contribution in [-0.4, -0.2) is 31.7 Å². The number of sulfonamides is 1. The number of aryl methyl sites for hydroxylation is 1. The van der Waals surface area contributed by atoms with Gasteiger partial charge in [-0.3, -0.25) is 9.10 Å². The highest BCUT2D eigenvalue weighted by molar-refractivity contribution is 7.92. The van der Waals surface area contributed by atoms with Gasteiger partial charge >= 0.3 is 0 Å². The number of anilines is 1. The fourth-order valence-electron chi connectivity index (χ4n) is 3.87. The lowest BCUT2D eigenvalue weighted by atomic mass is 10.2. The first kappa shape index (κ1) is 24.9. The Morgan fingerprint density at radius 2 is 1.58 bits per heavy atom. The molecule has 0 radical (unpaired) electrons. The van der Waals surface area contributed by atoms with Crippen molar-refractivity contribution in [2.75, 3.05) is 10.8 Å². The molecule has 0 bridgehead atoms. The first-order valence-electron chi connectivity index (χ1n) is 11.2. The summed E-state index contributed by atoms with van der Waals surface area (Å²) in [5.74, 6) is -1.16. The molecule has 1 amide bonds. The molecule has 0 fully saturated rings. The van der Waals surface area contributed by atoms with Crippen LogP contribution in [0.5, 0.6) is 0 Å². The maximum atomic E-state index is 13.5. The van der Waals surface area contributed by atoms with Crippen molar-refractivity contribution in [1.29, 1.82) is 0 Å². The van der Waals surface area contributed by atoms with Crippen LogP contribution in [0.15, 0.2) is 101 Å². The zero-order valence-corrected chi connectivity index (χ0v) is 20.6. The molecule has 9 heteroatoms. The van der Waals surface area contributed by atoms with E-state index in [1.54, 1.807) is 18.2 Å². The van der Waals surface area contributed by atoms with E-state index in [0.29, 0.717) is 0 Å². The molecule has 0 saturated carbocycles. The molecule has 0 spiro atoms. The number of rotatable bonds is 8. The number of aromatic nitrogens is 1. The number of para-hydroxylation sites is 1. The Morgan fingerprint density at radius 1 is 0.972 bits per heavy atom. The molecular formula is C27H25FN4O3S. The van der Waals surface area contributed by atoms with Crippen molar-refractivity contribution < 1.29 is 17.6 Å². The summed E-state index contributed by atoms with van der Waals surface area (Å²) in [6.45, 7) is 3.39. The number of carbonyl (C=O) groups is 1. The lowest BCUT2D eigenvalue weighted by Crippen LogP contribution is -2.39. The average molecular weight is 505 g/mol. The molecule has 0 unspecified atom stereocenters. The summed E-state index contributed by atoms with van der Waals surface area (Å²) >= 11 is 0. The number of nitrogens with zero attached hydrogens (tertiary/aromatic N) is 3. The third kappa shape index (κ3) is 5.36. The second-order valence-corrected chi connectivity index (χ2v) is 9.95. The van der Waals surface area contributed by atoms with Crippen molar-refractivity contribution in [3.63, 3.8) is 0 Å². The number of hydrazone groups is 1. The molecule has 0 aliphatic rings. The molecule has 1 N–H and O–H groups in total. The van der Waals surface area contributed by atoms with Gasteiger partial charge in [-0.15, -0.1) is 0 Å². The Morgan fingerprint density at radius 3 is 2.22 bits per heavy atom. The lowest BCUT2D eigenvalue weighted by molar-refractivity contribution is -0.119. The van der Waals surface area contributed by atoms with E-state index in [-0.39, 0.29) is 10.6 Å². The van der Waals surface area contributed by atoms with Crippen LogP contribution in [0.25, 0.3) is 5.69 Å². The SMILES string of the molecule is Cc1cc(/C=N/NC(=O)CN(c2ccc(F)cc2)S(=O)(=O)c2ccccc2)c(C)n1-c1ccccc1. The molecule has 184 valence electrons. The van der Waals surface area contributed by atoms with Crippen molar-refractivity contribution in [3.8, 4) is 5.69 Å². The van der Waals surface area contributed by atoms with Crippen LogP contribution in [0.2, 0.25) is 0 Å². The van der Waals surface area contributed by atoms with Gasteiger partial charge in [-0.25, -0.2) is 18.2 Å². The predicted molar refractivity (Wildman–Crippen MR) is 138 cm³/mol. The molecule has 0 aliphatic carbocycles. The van der Waals surface area contributed by atoms with E-state index in [9.17, 15) is 17.6 Å². The number of carbonyl (C=O) groups excluding carboxylic acids is 1. The second-order valence-electron chi connectivity index (χ2n) is 8.09. The molecule has 1 heterocycles. The zero-order valence-electron chi connectivity index (χ0n) is 19.8. The summed E-state index contributed by atoms with van der Waals surface area (Å²) in [5, 5.41) is 4.05. The maximum absolute atomic E-state index is 13.5. The molecule has 4 rings (SSSR count). The predicted octanol–water partition coefficient (Wildman–Crippen LogP) is 4.58. The monoisotopic (exact) mass is 504 g/mol. The number of hydrogen-bond acceptors (Lipinski definition) is 4. The van der Waals surface area contributed by atoms with E-state index in [1.807, 2.05) is 50.2 Å². The van der Waals surface area contributed by atoms with Crippen LogP contribution in [0.4, 0.5) is 10.1 Å². The molecule has 4 aromatic rings. The average Bonchev–Trinajstić information content (AvgIpc) is 3.16. The van der Waals surface area contributed by atoms with Crippen molar-refractivity contribution >= 4 is 27.8 Å². The Kier molecular flexibility index (Phi) is 7.30. The van der Waals surface area contributed by atoms with Gasteiger partial charge < -0.3 is 4.57 Å². The minimum Gasteiger partial charge on any atom is -0.318 e. The van der Waals surface area contributed by atoms with Gasteiger partial charge in [-0.05, 0) is 68.4 Å². The number of amides is 1. The minimum atomic E-state index is -4.08. The highest BCUT2D eigenvalue weighted by Gasteiger charge is 2.27. The zero-order chi connectivity index (χ0) is 25.7. The van der Waals surface area contributed by atoms with Crippen LogP contribution >= 0.6 is 0 Å². The fraction of sp³-hybridized carbons (Fsp3) is 0.111.